The van der Waals surface area contributed by atoms with Crippen LogP contribution in [0.2, 0.25) is 0 Å². The summed E-state index contributed by atoms with van der Waals surface area (Å²) in [5.74, 6) is 4.35. The molecule has 0 amide bonds. The normalized spacial score (nSPS) is 7.90. The summed E-state index contributed by atoms with van der Waals surface area (Å²) < 4.78 is 0. The van der Waals surface area contributed by atoms with Crippen molar-refractivity contribution < 1.29 is 4.84 Å². The maximum Gasteiger partial charge on any atom is 0.0569 e. The summed E-state index contributed by atoms with van der Waals surface area (Å²) in [6, 6.07) is 10.3. The molecule has 0 bridgehead atoms. The van der Waals surface area contributed by atoms with E-state index in [0.717, 1.165) is 0 Å². The largest absolute Gasteiger partial charge is 0.308 e. The Bertz CT molecular complexity index is 151. The lowest BCUT2D eigenvalue weighted by molar-refractivity contribution is 0.206. The molecular weight excluding hydrogens is 126 g/mol. The minimum Gasteiger partial charge on any atom is -0.308 e. The summed E-state index contributed by atoms with van der Waals surface area (Å²) in [5.41, 5.74) is 1.32. The van der Waals surface area contributed by atoms with Gasteiger partial charge in [-0.2, -0.15) is 0 Å². The lowest BCUT2D eigenvalue weighted by Gasteiger charge is -1.82. The molecule has 0 fully saturated rings. The van der Waals surface area contributed by atoms with Gasteiger partial charge in [0.1, 0.15) is 0 Å². The second kappa shape index (κ2) is 6.26. The van der Waals surface area contributed by atoms with E-state index in [4.69, 9.17) is 0 Å². The average Bonchev–Trinajstić information content (AvgIpc) is 1.91. The van der Waals surface area contributed by atoms with Gasteiger partial charge < -0.3 is 4.84 Å². The highest BCUT2D eigenvalue weighted by Gasteiger charge is 1.72. The molecule has 0 saturated heterocycles. The quantitative estimate of drug-likeness (QED) is 0.553. The van der Waals surface area contributed by atoms with Crippen LogP contribution in [0.1, 0.15) is 5.56 Å². The van der Waals surface area contributed by atoms with Crippen LogP contribution in [-0.2, 0) is 4.84 Å². The fraction of sp³-hybridized carbons (Fsp3) is 0.250. The van der Waals surface area contributed by atoms with Gasteiger partial charge in [0.2, 0.25) is 0 Å². The highest BCUT2D eigenvalue weighted by Crippen LogP contribution is 1.92. The van der Waals surface area contributed by atoms with E-state index in [1.54, 1.807) is 0 Å². The summed E-state index contributed by atoms with van der Waals surface area (Å²) >= 11 is 0. The fourth-order valence-electron chi connectivity index (χ4n) is 0.534. The number of aryl methyl sites for hydroxylation is 1. The first-order chi connectivity index (χ1) is 4.81. The van der Waals surface area contributed by atoms with Gasteiger partial charge in [-0.1, -0.05) is 35.9 Å². The second-order valence-corrected chi connectivity index (χ2v) is 1.89. The van der Waals surface area contributed by atoms with Crippen LogP contribution in [0.25, 0.3) is 0 Å². The van der Waals surface area contributed by atoms with Crippen LogP contribution in [0.4, 0.5) is 0 Å². The highest BCUT2D eigenvalue weighted by molar-refractivity contribution is 5.11. The summed E-state index contributed by atoms with van der Waals surface area (Å²) in [6.07, 6.45) is 0. The molecule has 0 unspecified atom stereocenters. The lowest BCUT2D eigenvalue weighted by Crippen LogP contribution is -1.86. The standard InChI is InChI=1S/C7H8.CH5NO/c1-7-5-3-2-4-6-7;1-3-2/h2-6H,1H3;2H2,1H3. The van der Waals surface area contributed by atoms with Gasteiger partial charge in [0, 0.05) is 0 Å². The SMILES string of the molecule is CON.Cc1ccccc1. The van der Waals surface area contributed by atoms with Crippen molar-refractivity contribution >= 4 is 0 Å². The minimum absolute atomic E-state index is 1.32. The van der Waals surface area contributed by atoms with Crippen LogP contribution in [0, 0.1) is 6.92 Å². The maximum atomic E-state index is 4.35. The van der Waals surface area contributed by atoms with Gasteiger partial charge in [-0.05, 0) is 6.92 Å². The van der Waals surface area contributed by atoms with Crippen molar-refractivity contribution in [2.24, 2.45) is 5.90 Å². The van der Waals surface area contributed by atoms with Gasteiger partial charge >= 0.3 is 0 Å². The number of hydrogen-bond acceptors (Lipinski definition) is 2. The first-order valence-corrected chi connectivity index (χ1v) is 3.05. The van der Waals surface area contributed by atoms with E-state index in [1.165, 1.54) is 12.7 Å². The van der Waals surface area contributed by atoms with E-state index >= 15 is 0 Å². The van der Waals surface area contributed by atoms with Crippen molar-refractivity contribution in [2.45, 2.75) is 6.92 Å². The molecule has 2 nitrogen and oxygen atoms in total. The summed E-state index contributed by atoms with van der Waals surface area (Å²) in [7, 11) is 1.40. The van der Waals surface area contributed by atoms with Crippen molar-refractivity contribution in [3.05, 3.63) is 35.9 Å². The molecule has 1 aromatic rings. The Morgan fingerprint density at radius 3 is 1.80 bits per heavy atom. The van der Waals surface area contributed by atoms with Crippen LogP contribution in [-0.4, -0.2) is 7.11 Å². The van der Waals surface area contributed by atoms with Crippen LogP contribution in [0.15, 0.2) is 30.3 Å². The molecule has 1 rings (SSSR count). The highest BCUT2D eigenvalue weighted by atomic mass is 16.6. The zero-order valence-electron chi connectivity index (χ0n) is 6.37. The number of benzene rings is 1. The third-order valence-corrected chi connectivity index (χ3v) is 0.940. The number of nitrogens with two attached hydrogens (primary N) is 1. The predicted molar refractivity (Wildman–Crippen MR) is 42.4 cm³/mol. The van der Waals surface area contributed by atoms with Crippen LogP contribution >= 0.6 is 0 Å². The zero-order chi connectivity index (χ0) is 7.82. The van der Waals surface area contributed by atoms with Gasteiger partial charge in [-0.3, -0.25) is 0 Å². The molecular formula is C8H13NO. The molecule has 0 radical (unpaired) electrons. The van der Waals surface area contributed by atoms with Crippen LogP contribution < -0.4 is 5.90 Å². The first-order valence-electron chi connectivity index (χ1n) is 3.05. The summed E-state index contributed by atoms with van der Waals surface area (Å²) in [5, 5.41) is 0. The van der Waals surface area contributed by atoms with Gasteiger partial charge in [0.05, 0.1) is 7.11 Å². The Morgan fingerprint density at radius 1 is 1.20 bits per heavy atom. The predicted octanol–water partition coefficient (Wildman–Crippen LogP) is 1.50. The third-order valence-electron chi connectivity index (χ3n) is 0.940. The van der Waals surface area contributed by atoms with Gasteiger partial charge in [-0.15, -0.1) is 0 Å². The average molecular weight is 139 g/mol. The molecule has 10 heavy (non-hydrogen) atoms. The summed E-state index contributed by atoms with van der Waals surface area (Å²) in [4.78, 5) is 3.75. The number of rotatable bonds is 0. The molecule has 0 saturated carbocycles. The Kier molecular flexibility index (Phi) is 5.72. The molecule has 0 aliphatic carbocycles. The van der Waals surface area contributed by atoms with E-state index in [9.17, 15) is 0 Å². The second-order valence-electron chi connectivity index (χ2n) is 1.89. The fourth-order valence-corrected chi connectivity index (χ4v) is 0.534. The molecule has 56 valence electrons. The van der Waals surface area contributed by atoms with Gasteiger partial charge in [0.25, 0.3) is 0 Å². The van der Waals surface area contributed by atoms with Gasteiger partial charge in [-0.25, -0.2) is 5.90 Å². The Balaban J connectivity index is 0.000000236. The molecule has 2 N–H and O–H groups in total. The van der Waals surface area contributed by atoms with Crippen LogP contribution in [0.5, 0.6) is 0 Å². The molecule has 0 aliphatic rings. The van der Waals surface area contributed by atoms with Crippen molar-refractivity contribution in [3.8, 4) is 0 Å². The molecule has 0 atom stereocenters. The lowest BCUT2D eigenvalue weighted by atomic mass is 10.2. The third kappa shape index (κ3) is 5.28. The van der Waals surface area contributed by atoms with Crippen molar-refractivity contribution in [3.63, 3.8) is 0 Å². The van der Waals surface area contributed by atoms with E-state index in [2.05, 4.69) is 29.8 Å². The van der Waals surface area contributed by atoms with E-state index < -0.39 is 0 Å². The maximum absolute atomic E-state index is 4.35. The Morgan fingerprint density at radius 2 is 1.60 bits per heavy atom. The topological polar surface area (TPSA) is 35.2 Å². The van der Waals surface area contributed by atoms with E-state index in [0.29, 0.717) is 0 Å². The first kappa shape index (κ1) is 9.14. The molecule has 0 aliphatic heterocycles. The molecule has 0 heterocycles. The smallest absolute Gasteiger partial charge is 0.0569 e. The van der Waals surface area contributed by atoms with Gasteiger partial charge in [0.15, 0.2) is 0 Å². The number of hydrogen-bond donors (Lipinski definition) is 1. The van der Waals surface area contributed by atoms with E-state index in [-0.39, 0.29) is 0 Å². The monoisotopic (exact) mass is 139 g/mol. The minimum atomic E-state index is 1.32. The van der Waals surface area contributed by atoms with Crippen LogP contribution in [0.3, 0.4) is 0 Å². The van der Waals surface area contributed by atoms with E-state index in [1.807, 2.05) is 18.2 Å². The Labute approximate surface area is 61.6 Å². The van der Waals surface area contributed by atoms with Crippen molar-refractivity contribution in [2.75, 3.05) is 7.11 Å². The Hall–Kier alpha value is -0.860. The molecule has 1 aromatic carbocycles. The molecule has 0 aromatic heterocycles. The summed E-state index contributed by atoms with van der Waals surface area (Å²) in [6.45, 7) is 2.08. The molecule has 2 heteroatoms. The molecule has 0 spiro atoms. The zero-order valence-corrected chi connectivity index (χ0v) is 6.37. The van der Waals surface area contributed by atoms with Crippen molar-refractivity contribution in [1.29, 1.82) is 0 Å². The van der Waals surface area contributed by atoms with Crippen molar-refractivity contribution in [1.82, 2.24) is 0 Å².